The monoisotopic (exact) mass is 145 g/mol. The van der Waals surface area contributed by atoms with E-state index in [-0.39, 0.29) is 0 Å². The molecule has 0 heteroatoms. The molecule has 1 atom stereocenters. The van der Waals surface area contributed by atoms with Crippen LogP contribution >= 0.6 is 0 Å². The standard InChI is InChI=1S/C11H13/c1-8-3-4-10-6-9(2)7-11(10)5-8/h3-5,7,9H,6H2,1-2H3/t9-/m1/s1. The van der Waals surface area contributed by atoms with Gasteiger partial charge in [-0.1, -0.05) is 30.7 Å². The van der Waals surface area contributed by atoms with Gasteiger partial charge in [0.2, 0.25) is 0 Å². The van der Waals surface area contributed by atoms with E-state index >= 15 is 0 Å². The van der Waals surface area contributed by atoms with Gasteiger partial charge in [-0.15, -0.1) is 0 Å². The van der Waals surface area contributed by atoms with Crippen molar-refractivity contribution in [2.24, 2.45) is 5.92 Å². The first-order valence-corrected chi connectivity index (χ1v) is 4.20. The van der Waals surface area contributed by atoms with Crippen molar-refractivity contribution in [1.29, 1.82) is 0 Å². The Morgan fingerprint density at radius 1 is 1.36 bits per heavy atom. The molecule has 0 heterocycles. The molecule has 1 aliphatic carbocycles. The third kappa shape index (κ3) is 1.18. The summed E-state index contributed by atoms with van der Waals surface area (Å²) in [6.45, 7) is 4.42. The van der Waals surface area contributed by atoms with E-state index in [4.69, 9.17) is 0 Å². The summed E-state index contributed by atoms with van der Waals surface area (Å²) in [5, 5.41) is 0. The van der Waals surface area contributed by atoms with Crippen LogP contribution in [0, 0.1) is 19.3 Å². The van der Waals surface area contributed by atoms with Crippen LogP contribution in [-0.2, 0) is 6.42 Å². The molecule has 1 aromatic rings. The van der Waals surface area contributed by atoms with Crippen molar-refractivity contribution < 1.29 is 0 Å². The highest BCUT2D eigenvalue weighted by atomic mass is 14.2. The van der Waals surface area contributed by atoms with Gasteiger partial charge in [0.05, 0.1) is 0 Å². The van der Waals surface area contributed by atoms with E-state index in [2.05, 4.69) is 38.5 Å². The highest BCUT2D eigenvalue weighted by Crippen LogP contribution is 2.28. The maximum absolute atomic E-state index is 2.36. The molecule has 1 radical (unpaired) electrons. The molecule has 0 saturated carbocycles. The molecule has 0 aromatic heterocycles. The molecule has 0 nitrogen and oxygen atoms in total. The van der Waals surface area contributed by atoms with Crippen LogP contribution in [-0.4, -0.2) is 0 Å². The van der Waals surface area contributed by atoms with Crippen molar-refractivity contribution in [3.63, 3.8) is 0 Å². The Morgan fingerprint density at radius 3 is 3.00 bits per heavy atom. The Hall–Kier alpha value is -0.780. The summed E-state index contributed by atoms with van der Waals surface area (Å²) in [4.78, 5) is 0. The van der Waals surface area contributed by atoms with Crippen LogP contribution in [0.3, 0.4) is 0 Å². The fourth-order valence-corrected chi connectivity index (χ4v) is 1.77. The minimum Gasteiger partial charge on any atom is -0.0616 e. The zero-order chi connectivity index (χ0) is 7.84. The fraction of sp³-hybridized carbons (Fsp3) is 0.364. The van der Waals surface area contributed by atoms with E-state index < -0.39 is 0 Å². The molecule has 0 unspecified atom stereocenters. The number of hydrogen-bond acceptors (Lipinski definition) is 0. The number of benzene rings is 1. The Morgan fingerprint density at radius 2 is 2.18 bits per heavy atom. The van der Waals surface area contributed by atoms with E-state index in [1.807, 2.05) is 0 Å². The Bertz CT molecular complexity index is 273. The summed E-state index contributed by atoms with van der Waals surface area (Å²) >= 11 is 0. The number of fused-ring (bicyclic) bond motifs is 1. The number of rotatable bonds is 0. The van der Waals surface area contributed by atoms with Gasteiger partial charge in [0.15, 0.2) is 0 Å². The molecule has 0 N–H and O–H groups in total. The lowest BCUT2D eigenvalue weighted by Gasteiger charge is -1.97. The van der Waals surface area contributed by atoms with Gasteiger partial charge in [0, 0.05) is 0 Å². The van der Waals surface area contributed by atoms with Crippen molar-refractivity contribution in [2.75, 3.05) is 0 Å². The zero-order valence-electron chi connectivity index (χ0n) is 7.09. The van der Waals surface area contributed by atoms with Gasteiger partial charge in [-0.05, 0) is 36.8 Å². The van der Waals surface area contributed by atoms with E-state index in [0.717, 1.165) is 5.92 Å². The predicted molar refractivity (Wildman–Crippen MR) is 47.4 cm³/mol. The molecule has 0 amide bonds. The van der Waals surface area contributed by atoms with Crippen molar-refractivity contribution in [3.05, 3.63) is 41.3 Å². The molecule has 0 saturated heterocycles. The molecule has 11 heavy (non-hydrogen) atoms. The first kappa shape index (κ1) is 6.90. The fourth-order valence-electron chi connectivity index (χ4n) is 1.77. The molecule has 2 rings (SSSR count). The minimum absolute atomic E-state index is 0.742. The van der Waals surface area contributed by atoms with Crippen LogP contribution in [0.25, 0.3) is 0 Å². The molecule has 1 aliphatic rings. The number of hydrogen-bond donors (Lipinski definition) is 0. The van der Waals surface area contributed by atoms with Crippen molar-refractivity contribution in [1.82, 2.24) is 0 Å². The van der Waals surface area contributed by atoms with Crippen molar-refractivity contribution >= 4 is 0 Å². The maximum atomic E-state index is 2.36. The smallest absolute Gasteiger partial charge is 0.00586 e. The van der Waals surface area contributed by atoms with Crippen LogP contribution in [0.15, 0.2) is 18.2 Å². The first-order valence-electron chi connectivity index (χ1n) is 4.20. The summed E-state index contributed by atoms with van der Waals surface area (Å²) in [6.07, 6.45) is 3.60. The maximum Gasteiger partial charge on any atom is -0.00586 e. The predicted octanol–water partition coefficient (Wildman–Crippen LogP) is 2.74. The van der Waals surface area contributed by atoms with Crippen LogP contribution in [0.2, 0.25) is 0 Å². The zero-order valence-corrected chi connectivity index (χ0v) is 7.09. The lowest BCUT2D eigenvalue weighted by molar-refractivity contribution is 0.726. The summed E-state index contributed by atoms with van der Waals surface area (Å²) < 4.78 is 0. The molecule has 0 fully saturated rings. The topological polar surface area (TPSA) is 0 Å². The molecule has 0 aliphatic heterocycles. The molecule has 0 bridgehead atoms. The van der Waals surface area contributed by atoms with Crippen LogP contribution in [0.4, 0.5) is 0 Å². The van der Waals surface area contributed by atoms with Crippen molar-refractivity contribution in [3.8, 4) is 0 Å². The molecular weight excluding hydrogens is 132 g/mol. The van der Waals surface area contributed by atoms with Gasteiger partial charge in [-0.3, -0.25) is 0 Å². The van der Waals surface area contributed by atoms with Gasteiger partial charge in [-0.25, -0.2) is 0 Å². The van der Waals surface area contributed by atoms with E-state index in [1.165, 1.54) is 23.1 Å². The summed E-state index contributed by atoms with van der Waals surface area (Å²) in [6, 6.07) is 6.73. The highest BCUT2D eigenvalue weighted by molar-refractivity contribution is 5.41. The van der Waals surface area contributed by atoms with E-state index in [0.29, 0.717) is 0 Å². The van der Waals surface area contributed by atoms with Crippen LogP contribution in [0.1, 0.15) is 23.6 Å². The van der Waals surface area contributed by atoms with E-state index in [1.54, 1.807) is 0 Å². The van der Waals surface area contributed by atoms with Crippen molar-refractivity contribution in [2.45, 2.75) is 20.3 Å². The average Bonchev–Trinajstić information content (AvgIpc) is 2.27. The Balaban J connectivity index is 2.43. The second-order valence-electron chi connectivity index (χ2n) is 3.55. The first-order chi connectivity index (χ1) is 5.25. The summed E-state index contributed by atoms with van der Waals surface area (Å²) in [5.41, 5.74) is 4.34. The van der Waals surface area contributed by atoms with Gasteiger partial charge in [-0.2, -0.15) is 0 Å². The molecule has 0 spiro atoms. The van der Waals surface area contributed by atoms with Gasteiger partial charge < -0.3 is 0 Å². The second kappa shape index (κ2) is 2.37. The average molecular weight is 145 g/mol. The Labute approximate surface area is 68.3 Å². The highest BCUT2D eigenvalue weighted by Gasteiger charge is 2.16. The molecule has 1 aromatic carbocycles. The third-order valence-corrected chi connectivity index (χ3v) is 2.31. The number of aryl methyl sites for hydroxylation is 1. The van der Waals surface area contributed by atoms with Gasteiger partial charge in [0.1, 0.15) is 0 Å². The normalized spacial score (nSPS) is 21.8. The summed E-state index contributed by atoms with van der Waals surface area (Å²) in [7, 11) is 0. The second-order valence-corrected chi connectivity index (χ2v) is 3.55. The van der Waals surface area contributed by atoms with Crippen LogP contribution in [0.5, 0.6) is 0 Å². The summed E-state index contributed by atoms with van der Waals surface area (Å²) in [5.74, 6) is 0.742. The third-order valence-electron chi connectivity index (χ3n) is 2.31. The lowest BCUT2D eigenvalue weighted by atomic mass is 10.1. The minimum atomic E-state index is 0.742. The van der Waals surface area contributed by atoms with E-state index in [9.17, 15) is 0 Å². The van der Waals surface area contributed by atoms with Gasteiger partial charge >= 0.3 is 0 Å². The quantitative estimate of drug-likeness (QED) is 0.526. The van der Waals surface area contributed by atoms with Gasteiger partial charge in [0.25, 0.3) is 0 Å². The molecule has 57 valence electrons. The van der Waals surface area contributed by atoms with Crippen LogP contribution < -0.4 is 0 Å². The molecular formula is C11H13. The Kier molecular flexibility index (Phi) is 1.49. The SMILES string of the molecule is Cc1ccc2c(c1)[CH][C@H](C)C2. The largest absolute Gasteiger partial charge is 0.0616 e. The lowest BCUT2D eigenvalue weighted by Crippen LogP contribution is -1.86.